The van der Waals surface area contributed by atoms with Crippen LogP contribution in [0.15, 0.2) is 54.6 Å². The van der Waals surface area contributed by atoms with E-state index in [9.17, 15) is 0 Å². The molecule has 0 spiro atoms. The van der Waals surface area contributed by atoms with Gasteiger partial charge in [-0.1, -0.05) is 30.3 Å². The summed E-state index contributed by atoms with van der Waals surface area (Å²) in [5.74, 6) is 0.919. The molecule has 2 nitrogen and oxygen atoms in total. The highest BCUT2D eigenvalue weighted by atomic mass is 16.5. The van der Waals surface area contributed by atoms with Gasteiger partial charge in [-0.3, -0.25) is 0 Å². The van der Waals surface area contributed by atoms with E-state index < -0.39 is 0 Å². The minimum atomic E-state index is 0.498. The Morgan fingerprint density at radius 2 is 1.70 bits per heavy atom. The topological polar surface area (TPSA) is 12.5 Å². The maximum absolute atomic E-state index is 5.25. The molecule has 1 atom stereocenters. The summed E-state index contributed by atoms with van der Waals surface area (Å²) in [5, 5.41) is 0. The number of hydrogen-bond acceptors (Lipinski definition) is 2. The molecule has 0 saturated carbocycles. The van der Waals surface area contributed by atoms with E-state index in [0.29, 0.717) is 6.04 Å². The molecule has 0 bridgehead atoms. The lowest BCUT2D eigenvalue weighted by Gasteiger charge is -2.38. The summed E-state index contributed by atoms with van der Waals surface area (Å²) < 4.78 is 5.25. The Labute approximate surface area is 121 Å². The summed E-state index contributed by atoms with van der Waals surface area (Å²) in [4.78, 5) is 2.53. The van der Waals surface area contributed by atoms with Crippen LogP contribution >= 0.6 is 0 Å². The molecule has 104 valence electrons. The van der Waals surface area contributed by atoms with Crippen molar-refractivity contribution in [3.8, 4) is 5.75 Å². The van der Waals surface area contributed by atoms with Gasteiger partial charge in [-0.05, 0) is 49.1 Å². The van der Waals surface area contributed by atoms with Gasteiger partial charge >= 0.3 is 0 Å². The monoisotopic (exact) mass is 267 g/mol. The Balaban J connectivity index is 1.88. The summed E-state index contributed by atoms with van der Waals surface area (Å²) in [5.41, 5.74) is 2.71. The highest BCUT2D eigenvalue weighted by Crippen LogP contribution is 2.35. The van der Waals surface area contributed by atoms with E-state index in [2.05, 4.69) is 47.4 Å². The predicted molar refractivity (Wildman–Crippen MR) is 83.4 cm³/mol. The number of piperidine rings is 1. The molecule has 0 aromatic heterocycles. The first kappa shape index (κ1) is 13.0. The van der Waals surface area contributed by atoms with Crippen LogP contribution in [0.4, 0.5) is 5.69 Å². The number of anilines is 1. The first-order valence-corrected chi connectivity index (χ1v) is 7.34. The first-order chi connectivity index (χ1) is 9.88. The van der Waals surface area contributed by atoms with Crippen LogP contribution in [-0.4, -0.2) is 13.7 Å². The van der Waals surface area contributed by atoms with Gasteiger partial charge in [0.2, 0.25) is 0 Å². The van der Waals surface area contributed by atoms with Gasteiger partial charge < -0.3 is 9.64 Å². The van der Waals surface area contributed by atoms with Crippen LogP contribution in [0.1, 0.15) is 30.9 Å². The van der Waals surface area contributed by atoms with E-state index in [1.807, 2.05) is 12.1 Å². The molecule has 0 unspecified atom stereocenters. The van der Waals surface area contributed by atoms with Crippen molar-refractivity contribution >= 4 is 5.69 Å². The van der Waals surface area contributed by atoms with Gasteiger partial charge in [0.1, 0.15) is 5.75 Å². The highest BCUT2D eigenvalue weighted by molar-refractivity contribution is 5.51. The summed E-state index contributed by atoms with van der Waals surface area (Å²) >= 11 is 0. The van der Waals surface area contributed by atoms with Gasteiger partial charge in [0.05, 0.1) is 13.2 Å². The Bertz CT molecular complexity index is 535. The standard InChI is InChI=1S/C18H21NO/c1-20-17-12-10-16(11-13-17)19-14-6-5-9-18(19)15-7-3-2-4-8-15/h2-4,7-8,10-13,18H,5-6,9,14H2,1H3/t18-/m1/s1. The van der Waals surface area contributed by atoms with Gasteiger partial charge in [0, 0.05) is 12.2 Å². The van der Waals surface area contributed by atoms with Crippen molar-refractivity contribution in [2.75, 3.05) is 18.6 Å². The molecule has 20 heavy (non-hydrogen) atoms. The molecule has 1 heterocycles. The Hall–Kier alpha value is -1.96. The fraction of sp³-hybridized carbons (Fsp3) is 0.333. The second-order valence-corrected chi connectivity index (χ2v) is 5.31. The Kier molecular flexibility index (Phi) is 3.91. The molecule has 2 aromatic rings. The van der Waals surface area contributed by atoms with E-state index in [4.69, 9.17) is 4.74 Å². The Morgan fingerprint density at radius 3 is 2.40 bits per heavy atom. The molecule has 1 saturated heterocycles. The van der Waals surface area contributed by atoms with Crippen molar-refractivity contribution < 1.29 is 4.74 Å². The maximum atomic E-state index is 5.25. The zero-order valence-corrected chi connectivity index (χ0v) is 12.0. The molecule has 1 fully saturated rings. The smallest absolute Gasteiger partial charge is 0.119 e. The van der Waals surface area contributed by atoms with Gasteiger partial charge in [0.15, 0.2) is 0 Å². The van der Waals surface area contributed by atoms with Crippen LogP contribution in [0.25, 0.3) is 0 Å². The number of nitrogens with zero attached hydrogens (tertiary/aromatic N) is 1. The molecule has 0 aliphatic carbocycles. The van der Waals surface area contributed by atoms with Gasteiger partial charge in [-0.15, -0.1) is 0 Å². The quantitative estimate of drug-likeness (QED) is 0.816. The van der Waals surface area contributed by atoms with E-state index >= 15 is 0 Å². The molecule has 2 heteroatoms. The van der Waals surface area contributed by atoms with Gasteiger partial charge in [-0.25, -0.2) is 0 Å². The zero-order chi connectivity index (χ0) is 13.8. The summed E-state index contributed by atoms with van der Waals surface area (Å²) in [6.07, 6.45) is 3.82. The van der Waals surface area contributed by atoms with E-state index in [1.165, 1.54) is 30.5 Å². The Morgan fingerprint density at radius 1 is 0.950 bits per heavy atom. The number of methoxy groups -OCH3 is 1. The SMILES string of the molecule is COc1ccc(N2CCCC[C@@H]2c2ccccc2)cc1. The van der Waals surface area contributed by atoms with E-state index in [1.54, 1.807) is 7.11 Å². The van der Waals surface area contributed by atoms with Crippen LogP contribution in [0, 0.1) is 0 Å². The van der Waals surface area contributed by atoms with Crippen molar-refractivity contribution in [2.24, 2.45) is 0 Å². The summed E-state index contributed by atoms with van der Waals surface area (Å²) in [6, 6.07) is 19.8. The van der Waals surface area contributed by atoms with Crippen molar-refractivity contribution in [3.05, 3.63) is 60.2 Å². The third-order valence-electron chi connectivity index (χ3n) is 4.09. The molecule has 3 rings (SSSR count). The normalized spacial score (nSPS) is 18.9. The predicted octanol–water partition coefficient (Wildman–Crippen LogP) is 4.43. The number of rotatable bonds is 3. The second-order valence-electron chi connectivity index (χ2n) is 5.31. The number of benzene rings is 2. The third-order valence-corrected chi connectivity index (χ3v) is 4.09. The minimum Gasteiger partial charge on any atom is -0.497 e. The van der Waals surface area contributed by atoms with Crippen LogP contribution in [0.2, 0.25) is 0 Å². The summed E-state index contributed by atoms with van der Waals surface area (Å²) in [6.45, 7) is 1.13. The highest BCUT2D eigenvalue weighted by Gasteiger charge is 2.23. The number of hydrogen-bond donors (Lipinski definition) is 0. The average molecular weight is 267 g/mol. The molecule has 1 aliphatic rings. The van der Waals surface area contributed by atoms with Crippen LogP contribution in [0.5, 0.6) is 5.75 Å². The number of ether oxygens (including phenoxy) is 1. The molecular formula is C18H21NO. The maximum Gasteiger partial charge on any atom is 0.119 e. The largest absolute Gasteiger partial charge is 0.497 e. The molecule has 1 aliphatic heterocycles. The summed E-state index contributed by atoms with van der Waals surface area (Å²) in [7, 11) is 1.71. The fourth-order valence-electron chi connectivity index (χ4n) is 3.04. The van der Waals surface area contributed by atoms with Crippen LogP contribution < -0.4 is 9.64 Å². The second kappa shape index (κ2) is 6.00. The molecule has 2 aromatic carbocycles. The molecule has 0 N–H and O–H groups in total. The minimum absolute atomic E-state index is 0.498. The zero-order valence-electron chi connectivity index (χ0n) is 12.0. The van der Waals surface area contributed by atoms with Crippen LogP contribution in [-0.2, 0) is 0 Å². The third kappa shape index (κ3) is 2.64. The van der Waals surface area contributed by atoms with E-state index in [0.717, 1.165) is 12.3 Å². The van der Waals surface area contributed by atoms with Gasteiger partial charge in [0.25, 0.3) is 0 Å². The lowest BCUT2D eigenvalue weighted by Crippen LogP contribution is -2.33. The van der Waals surface area contributed by atoms with Crippen molar-refractivity contribution in [2.45, 2.75) is 25.3 Å². The lowest BCUT2D eigenvalue weighted by atomic mass is 9.94. The molecule has 0 radical (unpaired) electrons. The van der Waals surface area contributed by atoms with Crippen molar-refractivity contribution in [3.63, 3.8) is 0 Å². The fourth-order valence-corrected chi connectivity index (χ4v) is 3.04. The molecule has 0 amide bonds. The van der Waals surface area contributed by atoms with Crippen molar-refractivity contribution in [1.82, 2.24) is 0 Å². The lowest BCUT2D eigenvalue weighted by molar-refractivity contribution is 0.414. The molecular weight excluding hydrogens is 246 g/mol. The van der Waals surface area contributed by atoms with Crippen LogP contribution in [0.3, 0.4) is 0 Å². The van der Waals surface area contributed by atoms with E-state index in [-0.39, 0.29) is 0 Å². The van der Waals surface area contributed by atoms with Gasteiger partial charge in [-0.2, -0.15) is 0 Å². The van der Waals surface area contributed by atoms with Crippen molar-refractivity contribution in [1.29, 1.82) is 0 Å². The average Bonchev–Trinajstić information content (AvgIpc) is 2.56. The first-order valence-electron chi connectivity index (χ1n) is 7.34.